The molecule has 0 spiro atoms. The second-order valence-corrected chi connectivity index (χ2v) is 9.96. The van der Waals surface area contributed by atoms with Gasteiger partial charge in [0.25, 0.3) is 0 Å². The average Bonchev–Trinajstić information content (AvgIpc) is 3.07. The van der Waals surface area contributed by atoms with Crippen molar-refractivity contribution < 1.29 is 47.6 Å². The number of hydrogen-bond donors (Lipinski definition) is 0. The number of hydrogen-bond acceptors (Lipinski definition) is 10. The summed E-state index contributed by atoms with van der Waals surface area (Å²) in [6.07, 6.45) is 6.27. The zero-order valence-electron chi connectivity index (χ0n) is 25.9. The van der Waals surface area contributed by atoms with Crippen molar-refractivity contribution in [3.05, 3.63) is 109 Å². The summed E-state index contributed by atoms with van der Waals surface area (Å²) >= 11 is 0. The zero-order chi connectivity index (χ0) is 33.1. The number of benzene rings is 3. The largest absolute Gasteiger partial charge is 0.494 e. The summed E-state index contributed by atoms with van der Waals surface area (Å²) in [5, 5.41) is 0. The maximum Gasteiger partial charge on any atom is 0.343 e. The minimum absolute atomic E-state index is 0.220. The molecule has 0 aliphatic heterocycles. The molecule has 0 bridgehead atoms. The van der Waals surface area contributed by atoms with Gasteiger partial charge in [-0.15, -0.1) is 0 Å². The number of carbonyl (C=O) groups is 4. The van der Waals surface area contributed by atoms with Gasteiger partial charge in [0.2, 0.25) is 0 Å². The van der Waals surface area contributed by atoms with Crippen LogP contribution in [-0.2, 0) is 19.1 Å². The van der Waals surface area contributed by atoms with Crippen LogP contribution in [0.25, 0.3) is 0 Å². The molecule has 0 aliphatic carbocycles. The molecule has 0 saturated heterocycles. The Labute approximate surface area is 268 Å². The molecular weight excluding hydrogens is 592 g/mol. The van der Waals surface area contributed by atoms with Crippen molar-refractivity contribution in [2.75, 3.05) is 26.4 Å². The van der Waals surface area contributed by atoms with Crippen molar-refractivity contribution in [1.29, 1.82) is 0 Å². The minimum Gasteiger partial charge on any atom is -0.494 e. The smallest absolute Gasteiger partial charge is 0.343 e. The predicted octanol–water partition coefficient (Wildman–Crippen LogP) is 6.60. The predicted molar refractivity (Wildman–Crippen MR) is 170 cm³/mol. The molecule has 3 aromatic rings. The van der Waals surface area contributed by atoms with Gasteiger partial charge in [0.15, 0.2) is 0 Å². The lowest BCUT2D eigenvalue weighted by Crippen LogP contribution is -2.11. The van der Waals surface area contributed by atoms with Crippen LogP contribution in [0.2, 0.25) is 0 Å². The fourth-order valence-corrected chi connectivity index (χ4v) is 3.96. The standard InChI is InChI=1S/C36H38O10/c1-4-33(37)43-22-9-7-6-8-21-41-29-15-11-27(12-16-29)35(39)45-31-19-20-32(26(3)25-31)46-36(40)28-13-17-30(18-14-28)42-23-10-24-44-34(38)5-2/h4-5,11-20,25H,1-2,6-10,21-24H2,3H3. The molecule has 242 valence electrons. The normalized spacial score (nSPS) is 10.3. The second-order valence-electron chi connectivity index (χ2n) is 9.96. The summed E-state index contributed by atoms with van der Waals surface area (Å²) in [7, 11) is 0. The number of rotatable bonds is 19. The van der Waals surface area contributed by atoms with Crippen LogP contribution in [-0.4, -0.2) is 50.3 Å². The van der Waals surface area contributed by atoms with Crippen LogP contribution in [0.3, 0.4) is 0 Å². The Morgan fingerprint density at radius 3 is 1.54 bits per heavy atom. The van der Waals surface area contributed by atoms with E-state index in [1.807, 2.05) is 0 Å². The molecule has 0 atom stereocenters. The van der Waals surface area contributed by atoms with Crippen LogP contribution in [0.4, 0.5) is 0 Å². The number of esters is 4. The third-order valence-corrected chi connectivity index (χ3v) is 6.43. The van der Waals surface area contributed by atoms with E-state index < -0.39 is 23.9 Å². The van der Waals surface area contributed by atoms with Crippen molar-refractivity contribution >= 4 is 23.9 Å². The molecule has 10 heteroatoms. The van der Waals surface area contributed by atoms with Gasteiger partial charge in [-0.2, -0.15) is 0 Å². The molecule has 0 N–H and O–H groups in total. The molecule has 0 heterocycles. The fraction of sp³-hybridized carbons (Fsp3) is 0.278. The molecule has 0 fully saturated rings. The van der Waals surface area contributed by atoms with Crippen LogP contribution >= 0.6 is 0 Å². The molecule has 0 saturated carbocycles. The molecule has 0 radical (unpaired) electrons. The number of unbranched alkanes of at least 4 members (excludes halogenated alkanes) is 3. The molecule has 0 amide bonds. The molecule has 0 unspecified atom stereocenters. The number of aryl methyl sites for hydroxylation is 1. The lowest BCUT2D eigenvalue weighted by molar-refractivity contribution is -0.138. The molecule has 0 aliphatic rings. The van der Waals surface area contributed by atoms with Gasteiger partial charge in [0.1, 0.15) is 23.0 Å². The van der Waals surface area contributed by atoms with Crippen molar-refractivity contribution in [3.63, 3.8) is 0 Å². The zero-order valence-corrected chi connectivity index (χ0v) is 25.9. The summed E-state index contributed by atoms with van der Waals surface area (Å²) in [6.45, 7) is 9.91. The van der Waals surface area contributed by atoms with E-state index in [9.17, 15) is 19.2 Å². The van der Waals surface area contributed by atoms with Crippen molar-refractivity contribution in [2.45, 2.75) is 39.0 Å². The van der Waals surface area contributed by atoms with Gasteiger partial charge in [0, 0.05) is 18.6 Å². The van der Waals surface area contributed by atoms with Crippen molar-refractivity contribution in [2.24, 2.45) is 0 Å². The van der Waals surface area contributed by atoms with E-state index in [2.05, 4.69) is 13.2 Å². The van der Waals surface area contributed by atoms with Crippen LogP contribution in [0.15, 0.2) is 92.0 Å². The maximum atomic E-state index is 12.7. The Balaban J connectivity index is 1.39. The molecule has 46 heavy (non-hydrogen) atoms. The van der Waals surface area contributed by atoms with Gasteiger partial charge in [-0.25, -0.2) is 19.2 Å². The maximum absolute atomic E-state index is 12.7. The Morgan fingerprint density at radius 2 is 1.02 bits per heavy atom. The molecule has 3 aromatic carbocycles. The highest BCUT2D eigenvalue weighted by molar-refractivity contribution is 5.92. The fourth-order valence-electron chi connectivity index (χ4n) is 3.96. The first-order chi connectivity index (χ1) is 22.3. The third-order valence-electron chi connectivity index (χ3n) is 6.43. The quantitative estimate of drug-likeness (QED) is 0.0619. The average molecular weight is 631 g/mol. The van der Waals surface area contributed by atoms with Crippen LogP contribution in [0.5, 0.6) is 23.0 Å². The molecule has 3 rings (SSSR count). The molecule has 0 aromatic heterocycles. The first-order valence-corrected chi connectivity index (χ1v) is 14.9. The highest BCUT2D eigenvalue weighted by Crippen LogP contribution is 2.26. The van der Waals surface area contributed by atoms with E-state index in [4.69, 9.17) is 28.4 Å². The van der Waals surface area contributed by atoms with Crippen molar-refractivity contribution in [3.8, 4) is 23.0 Å². The monoisotopic (exact) mass is 630 g/mol. The topological polar surface area (TPSA) is 124 Å². The number of carbonyl (C=O) groups excluding carboxylic acids is 4. The summed E-state index contributed by atoms with van der Waals surface area (Å²) in [6, 6.07) is 17.9. The van der Waals surface area contributed by atoms with Crippen LogP contribution < -0.4 is 18.9 Å². The van der Waals surface area contributed by atoms with E-state index in [-0.39, 0.29) is 6.61 Å². The highest BCUT2D eigenvalue weighted by Gasteiger charge is 2.14. The van der Waals surface area contributed by atoms with E-state index in [1.165, 1.54) is 0 Å². The Bertz CT molecular complexity index is 1480. The van der Waals surface area contributed by atoms with E-state index in [0.29, 0.717) is 65.9 Å². The van der Waals surface area contributed by atoms with Gasteiger partial charge in [-0.1, -0.05) is 13.2 Å². The molecular formula is C36H38O10. The Kier molecular flexibility index (Phi) is 14.6. The Morgan fingerprint density at radius 1 is 0.565 bits per heavy atom. The first-order valence-electron chi connectivity index (χ1n) is 14.9. The highest BCUT2D eigenvalue weighted by atomic mass is 16.5. The van der Waals surface area contributed by atoms with Crippen molar-refractivity contribution in [1.82, 2.24) is 0 Å². The van der Waals surface area contributed by atoms with E-state index in [0.717, 1.165) is 37.8 Å². The summed E-state index contributed by atoms with van der Waals surface area (Å²) in [5.74, 6) is -0.134. The lowest BCUT2D eigenvalue weighted by atomic mass is 10.2. The van der Waals surface area contributed by atoms with Gasteiger partial charge < -0.3 is 28.4 Å². The lowest BCUT2D eigenvalue weighted by Gasteiger charge is -2.11. The van der Waals surface area contributed by atoms with Gasteiger partial charge in [0.05, 0.1) is 37.6 Å². The SMILES string of the molecule is C=CC(=O)OCCCCCCOc1ccc(C(=O)Oc2ccc(OC(=O)c3ccc(OCCCOC(=O)C=C)cc3)c(C)c2)cc1. The van der Waals surface area contributed by atoms with Crippen LogP contribution in [0.1, 0.15) is 58.4 Å². The first kappa shape index (κ1) is 35.1. The van der Waals surface area contributed by atoms with E-state index >= 15 is 0 Å². The summed E-state index contributed by atoms with van der Waals surface area (Å²) in [5.41, 5.74) is 1.30. The second kappa shape index (κ2) is 19.1. The Hall–Kier alpha value is -5.38. The van der Waals surface area contributed by atoms with Gasteiger partial charge in [-0.3, -0.25) is 0 Å². The third kappa shape index (κ3) is 12.3. The van der Waals surface area contributed by atoms with Gasteiger partial charge in [-0.05, 0) is 105 Å². The number of ether oxygens (including phenoxy) is 6. The van der Waals surface area contributed by atoms with Gasteiger partial charge >= 0.3 is 23.9 Å². The van der Waals surface area contributed by atoms with E-state index in [1.54, 1.807) is 73.7 Å². The summed E-state index contributed by atoms with van der Waals surface area (Å²) in [4.78, 5) is 47.4. The minimum atomic E-state index is -0.551. The summed E-state index contributed by atoms with van der Waals surface area (Å²) < 4.78 is 32.2. The van der Waals surface area contributed by atoms with Crippen LogP contribution in [0, 0.1) is 6.92 Å². The molecule has 10 nitrogen and oxygen atoms in total.